The Morgan fingerprint density at radius 2 is 1.52 bits per heavy atom. The molecule has 42 heavy (non-hydrogen) atoms. The van der Waals surface area contributed by atoms with E-state index in [1.165, 1.54) is 37.3 Å². The van der Waals surface area contributed by atoms with Crippen LogP contribution in [0.5, 0.6) is 11.5 Å². The van der Waals surface area contributed by atoms with Gasteiger partial charge in [0.2, 0.25) is 11.8 Å². The number of rotatable bonds is 13. The number of benzene rings is 3. The molecule has 0 aromatic heterocycles. The molecule has 226 valence electrons. The highest BCUT2D eigenvalue weighted by Crippen LogP contribution is 2.32. The summed E-state index contributed by atoms with van der Waals surface area (Å²) in [5.74, 6) is 0.0126. The van der Waals surface area contributed by atoms with Crippen molar-refractivity contribution in [2.24, 2.45) is 5.92 Å². The van der Waals surface area contributed by atoms with Gasteiger partial charge in [-0.1, -0.05) is 61.4 Å². The predicted molar refractivity (Wildman–Crippen MR) is 164 cm³/mol. The number of aryl methyl sites for hydroxylation is 2. The molecule has 0 heterocycles. The molecule has 0 radical (unpaired) electrons. The molecule has 0 aliphatic heterocycles. The summed E-state index contributed by atoms with van der Waals surface area (Å²) in [4.78, 5) is 28.6. The molecule has 3 rings (SSSR count). The van der Waals surface area contributed by atoms with Crippen LogP contribution in [-0.4, -0.2) is 58.5 Å². The molecular formula is C32H41N3O6S. The van der Waals surface area contributed by atoms with Gasteiger partial charge in [0.1, 0.15) is 12.6 Å². The monoisotopic (exact) mass is 595 g/mol. The van der Waals surface area contributed by atoms with Gasteiger partial charge in [-0.05, 0) is 56.5 Å². The molecule has 9 nitrogen and oxygen atoms in total. The van der Waals surface area contributed by atoms with Crippen LogP contribution in [0.4, 0.5) is 5.69 Å². The summed E-state index contributed by atoms with van der Waals surface area (Å²) in [6.45, 7) is 9.54. The molecular weight excluding hydrogens is 554 g/mol. The molecule has 0 aliphatic rings. The van der Waals surface area contributed by atoms with Gasteiger partial charge >= 0.3 is 0 Å². The van der Waals surface area contributed by atoms with E-state index in [9.17, 15) is 18.0 Å². The van der Waals surface area contributed by atoms with Crippen molar-refractivity contribution in [1.82, 2.24) is 10.2 Å². The Hall–Kier alpha value is -4.05. The Balaban J connectivity index is 2.05. The van der Waals surface area contributed by atoms with Gasteiger partial charge in [-0.15, -0.1) is 0 Å². The smallest absolute Gasteiger partial charge is 0.264 e. The molecule has 0 unspecified atom stereocenters. The second kappa shape index (κ2) is 14.2. The Labute approximate surface area is 249 Å². The number of nitrogens with zero attached hydrogens (tertiary/aromatic N) is 2. The standard InChI is InChI=1S/C32H41N3O6S/c1-22(2)19-33-32(37)25(5)34(20-26-10-8-9-24(4)17-26)31(36)21-35(27-13-11-23(3)12-14-27)42(38,39)28-15-16-29(40-6)30(18-28)41-7/h8-18,22,25H,19-21H2,1-7H3,(H,33,37)/t25-/m1/s1. The zero-order valence-corrected chi connectivity index (χ0v) is 26.2. The second-order valence-electron chi connectivity index (χ2n) is 10.7. The van der Waals surface area contributed by atoms with Crippen molar-refractivity contribution in [2.45, 2.75) is 52.1 Å². The summed E-state index contributed by atoms with van der Waals surface area (Å²) in [6.07, 6.45) is 0. The Bertz CT molecular complexity index is 1490. The van der Waals surface area contributed by atoms with Crippen LogP contribution in [0.1, 0.15) is 37.5 Å². The topological polar surface area (TPSA) is 105 Å². The second-order valence-corrected chi connectivity index (χ2v) is 12.6. The maximum absolute atomic E-state index is 14.1. The summed E-state index contributed by atoms with van der Waals surface area (Å²) in [5.41, 5.74) is 3.09. The zero-order valence-electron chi connectivity index (χ0n) is 25.4. The number of ether oxygens (including phenoxy) is 2. The van der Waals surface area contributed by atoms with E-state index in [0.29, 0.717) is 18.0 Å². The Morgan fingerprint density at radius 3 is 2.12 bits per heavy atom. The average molecular weight is 596 g/mol. The molecule has 0 fully saturated rings. The Morgan fingerprint density at radius 1 is 0.857 bits per heavy atom. The fourth-order valence-electron chi connectivity index (χ4n) is 4.39. The fourth-order valence-corrected chi connectivity index (χ4v) is 5.82. The molecule has 0 saturated heterocycles. The maximum atomic E-state index is 14.1. The van der Waals surface area contributed by atoms with Crippen LogP contribution in [0.3, 0.4) is 0 Å². The first-order valence-corrected chi connectivity index (χ1v) is 15.3. The normalized spacial score (nSPS) is 12.0. The van der Waals surface area contributed by atoms with E-state index in [0.717, 1.165) is 21.0 Å². The average Bonchev–Trinajstić information content (AvgIpc) is 2.97. The lowest BCUT2D eigenvalue weighted by Crippen LogP contribution is -2.51. The van der Waals surface area contributed by atoms with Crippen LogP contribution in [0.15, 0.2) is 71.6 Å². The van der Waals surface area contributed by atoms with Crippen molar-refractivity contribution in [3.05, 3.63) is 83.4 Å². The minimum Gasteiger partial charge on any atom is -0.493 e. The minimum atomic E-state index is -4.25. The molecule has 3 aromatic rings. The van der Waals surface area contributed by atoms with E-state index in [-0.39, 0.29) is 29.0 Å². The highest BCUT2D eigenvalue weighted by Gasteiger charge is 2.33. The van der Waals surface area contributed by atoms with Crippen LogP contribution in [-0.2, 0) is 26.2 Å². The van der Waals surface area contributed by atoms with E-state index < -0.39 is 28.5 Å². The molecule has 10 heteroatoms. The van der Waals surface area contributed by atoms with E-state index in [2.05, 4.69) is 5.32 Å². The summed E-state index contributed by atoms with van der Waals surface area (Å²) < 4.78 is 39.9. The first kappa shape index (κ1) is 32.5. The van der Waals surface area contributed by atoms with E-state index in [1.54, 1.807) is 31.2 Å². The third-order valence-electron chi connectivity index (χ3n) is 6.83. The van der Waals surface area contributed by atoms with Crippen LogP contribution < -0.4 is 19.1 Å². The van der Waals surface area contributed by atoms with E-state index in [4.69, 9.17) is 9.47 Å². The molecule has 1 atom stereocenters. The van der Waals surface area contributed by atoms with Crippen molar-refractivity contribution in [3.8, 4) is 11.5 Å². The number of hydrogen-bond acceptors (Lipinski definition) is 6. The number of amides is 2. The maximum Gasteiger partial charge on any atom is 0.264 e. The summed E-state index contributed by atoms with van der Waals surface area (Å²) in [6, 6.07) is 18.0. The number of carbonyl (C=O) groups excluding carboxylic acids is 2. The highest BCUT2D eigenvalue weighted by atomic mass is 32.2. The van der Waals surface area contributed by atoms with Crippen LogP contribution >= 0.6 is 0 Å². The number of sulfonamides is 1. The van der Waals surface area contributed by atoms with Gasteiger partial charge < -0.3 is 19.7 Å². The van der Waals surface area contributed by atoms with Crippen molar-refractivity contribution < 1.29 is 27.5 Å². The lowest BCUT2D eigenvalue weighted by atomic mass is 10.1. The predicted octanol–water partition coefficient (Wildman–Crippen LogP) is 4.71. The third kappa shape index (κ3) is 8.03. The van der Waals surface area contributed by atoms with Crippen molar-refractivity contribution >= 4 is 27.5 Å². The van der Waals surface area contributed by atoms with Crippen LogP contribution in [0.25, 0.3) is 0 Å². The zero-order chi connectivity index (χ0) is 31.0. The van der Waals surface area contributed by atoms with Gasteiger partial charge in [0.25, 0.3) is 10.0 Å². The highest BCUT2D eigenvalue weighted by molar-refractivity contribution is 7.92. The first-order chi connectivity index (χ1) is 19.9. The number of carbonyl (C=O) groups is 2. The van der Waals surface area contributed by atoms with E-state index in [1.807, 2.05) is 52.0 Å². The lowest BCUT2D eigenvalue weighted by molar-refractivity contribution is -0.139. The molecule has 0 spiro atoms. The van der Waals surface area contributed by atoms with Gasteiger partial charge in [0, 0.05) is 19.2 Å². The molecule has 3 aromatic carbocycles. The van der Waals surface area contributed by atoms with Gasteiger partial charge in [0.05, 0.1) is 24.8 Å². The van der Waals surface area contributed by atoms with E-state index >= 15 is 0 Å². The van der Waals surface area contributed by atoms with Crippen molar-refractivity contribution in [3.63, 3.8) is 0 Å². The summed E-state index contributed by atoms with van der Waals surface area (Å²) in [5, 5.41) is 2.89. The van der Waals surface area contributed by atoms with Crippen LogP contribution in [0.2, 0.25) is 0 Å². The molecule has 0 bridgehead atoms. The molecule has 1 N–H and O–H groups in total. The van der Waals surface area contributed by atoms with Gasteiger partial charge in [0.15, 0.2) is 11.5 Å². The van der Waals surface area contributed by atoms with Crippen LogP contribution in [0, 0.1) is 19.8 Å². The fraction of sp³-hybridized carbons (Fsp3) is 0.375. The lowest BCUT2D eigenvalue weighted by Gasteiger charge is -2.32. The molecule has 2 amide bonds. The largest absolute Gasteiger partial charge is 0.493 e. The minimum absolute atomic E-state index is 0.0681. The third-order valence-corrected chi connectivity index (χ3v) is 8.60. The number of methoxy groups -OCH3 is 2. The summed E-state index contributed by atoms with van der Waals surface area (Å²) >= 11 is 0. The number of hydrogen-bond donors (Lipinski definition) is 1. The molecule has 0 saturated carbocycles. The number of anilines is 1. The quantitative estimate of drug-likeness (QED) is 0.307. The van der Waals surface area contributed by atoms with Crippen molar-refractivity contribution in [2.75, 3.05) is 31.6 Å². The SMILES string of the molecule is COc1ccc(S(=O)(=O)N(CC(=O)N(Cc2cccc(C)c2)[C@H](C)C(=O)NCC(C)C)c2ccc(C)cc2)cc1OC. The van der Waals surface area contributed by atoms with Gasteiger partial charge in [-0.3, -0.25) is 13.9 Å². The summed E-state index contributed by atoms with van der Waals surface area (Å²) in [7, 11) is -1.37. The number of nitrogens with one attached hydrogen (secondary N) is 1. The van der Waals surface area contributed by atoms with Gasteiger partial charge in [-0.25, -0.2) is 8.42 Å². The Kier molecular flexibility index (Phi) is 11.0. The van der Waals surface area contributed by atoms with Gasteiger partial charge in [-0.2, -0.15) is 0 Å². The first-order valence-electron chi connectivity index (χ1n) is 13.8. The van der Waals surface area contributed by atoms with Crippen molar-refractivity contribution in [1.29, 1.82) is 0 Å². The molecule has 0 aliphatic carbocycles.